The van der Waals surface area contributed by atoms with Crippen molar-refractivity contribution in [3.63, 3.8) is 0 Å². The number of hydrogen-bond acceptors (Lipinski definition) is 5. The topological polar surface area (TPSA) is 105 Å². The fourth-order valence-electron chi connectivity index (χ4n) is 5.47. The van der Waals surface area contributed by atoms with E-state index < -0.39 is 22.9 Å². The van der Waals surface area contributed by atoms with Crippen LogP contribution in [0, 0.1) is 11.3 Å². The second kappa shape index (κ2) is 11.0. The third kappa shape index (κ3) is 6.02. The van der Waals surface area contributed by atoms with Crippen LogP contribution in [0.2, 0.25) is 0 Å². The molecule has 8 heteroatoms. The summed E-state index contributed by atoms with van der Waals surface area (Å²) < 4.78 is 5.87. The lowest BCUT2D eigenvalue weighted by Gasteiger charge is -2.44. The molecule has 2 fully saturated rings. The molecule has 3 N–H and O–H groups in total. The molecule has 2 aromatic rings. The van der Waals surface area contributed by atoms with Crippen molar-refractivity contribution in [1.82, 2.24) is 15.1 Å². The van der Waals surface area contributed by atoms with E-state index in [0.29, 0.717) is 32.7 Å². The molecular weight excluding hydrogens is 468 g/mol. The molecule has 0 aromatic heterocycles. The molecule has 8 nitrogen and oxygen atoms in total. The van der Waals surface area contributed by atoms with Gasteiger partial charge in [0, 0.05) is 26.7 Å². The number of fused-ring (bicyclic) bond motifs is 1. The molecule has 2 aliphatic heterocycles. The molecule has 2 unspecified atom stereocenters. The maximum Gasteiger partial charge on any atom is 0.247 e. The highest BCUT2D eigenvalue weighted by atomic mass is 16.5. The first-order chi connectivity index (χ1) is 17.6. The zero-order valence-electron chi connectivity index (χ0n) is 22.0. The van der Waals surface area contributed by atoms with Gasteiger partial charge in [-0.05, 0) is 43.7 Å². The van der Waals surface area contributed by atoms with Crippen LogP contribution in [0.25, 0.3) is 0 Å². The largest absolute Gasteiger partial charge is 0.374 e. The van der Waals surface area contributed by atoms with Gasteiger partial charge in [-0.15, -0.1) is 0 Å². The van der Waals surface area contributed by atoms with Crippen LogP contribution >= 0.6 is 0 Å². The van der Waals surface area contributed by atoms with E-state index in [9.17, 15) is 14.4 Å². The van der Waals surface area contributed by atoms with Crippen molar-refractivity contribution in [1.29, 1.82) is 0 Å². The van der Waals surface area contributed by atoms with Crippen molar-refractivity contribution < 1.29 is 19.1 Å². The van der Waals surface area contributed by atoms with E-state index in [2.05, 4.69) is 5.32 Å². The quantitative estimate of drug-likeness (QED) is 0.541. The van der Waals surface area contributed by atoms with Gasteiger partial charge in [-0.3, -0.25) is 14.4 Å². The molecular formula is C29H38N4O4. The van der Waals surface area contributed by atoms with E-state index in [4.69, 9.17) is 10.5 Å². The highest BCUT2D eigenvalue weighted by Gasteiger charge is 2.56. The van der Waals surface area contributed by atoms with Gasteiger partial charge in [-0.1, -0.05) is 60.7 Å². The van der Waals surface area contributed by atoms with Crippen LogP contribution in [-0.2, 0) is 32.1 Å². The summed E-state index contributed by atoms with van der Waals surface area (Å²) in [6.45, 7) is 5.05. The molecule has 3 amide bonds. The summed E-state index contributed by atoms with van der Waals surface area (Å²) in [6, 6.07) is 18.7. The van der Waals surface area contributed by atoms with E-state index in [1.165, 1.54) is 0 Å². The predicted molar refractivity (Wildman–Crippen MR) is 141 cm³/mol. The third-order valence-electron chi connectivity index (χ3n) is 7.53. The van der Waals surface area contributed by atoms with E-state index >= 15 is 0 Å². The van der Waals surface area contributed by atoms with Gasteiger partial charge in [0.05, 0.1) is 24.2 Å². The number of nitrogens with zero attached hydrogens (tertiary/aromatic N) is 2. The van der Waals surface area contributed by atoms with E-state index in [1.54, 1.807) is 23.6 Å². The molecule has 2 aromatic carbocycles. The normalized spacial score (nSPS) is 22.5. The predicted octanol–water partition coefficient (Wildman–Crippen LogP) is 1.97. The minimum atomic E-state index is -1.15. The Labute approximate surface area is 219 Å². The fraction of sp³-hybridized carbons (Fsp3) is 0.483. The minimum absolute atomic E-state index is 0.00894. The smallest absolute Gasteiger partial charge is 0.247 e. The van der Waals surface area contributed by atoms with Crippen LogP contribution in [0.1, 0.15) is 31.4 Å². The van der Waals surface area contributed by atoms with Gasteiger partial charge in [-0.25, -0.2) is 0 Å². The average Bonchev–Trinajstić information content (AvgIpc) is 3.12. The van der Waals surface area contributed by atoms with Gasteiger partial charge in [0.2, 0.25) is 17.7 Å². The summed E-state index contributed by atoms with van der Waals surface area (Å²) in [4.78, 5) is 43.6. The first-order valence-corrected chi connectivity index (χ1v) is 12.9. The number of ether oxygens (including phenoxy) is 1. The van der Waals surface area contributed by atoms with Gasteiger partial charge in [0.1, 0.15) is 6.04 Å². The number of nitrogens with two attached hydrogens (primary N) is 1. The molecule has 198 valence electrons. The molecule has 0 aliphatic carbocycles. The van der Waals surface area contributed by atoms with Crippen molar-refractivity contribution >= 4 is 17.7 Å². The lowest BCUT2D eigenvalue weighted by molar-refractivity contribution is -0.147. The van der Waals surface area contributed by atoms with Crippen molar-refractivity contribution in [2.24, 2.45) is 17.1 Å². The summed E-state index contributed by atoms with van der Waals surface area (Å²) in [5.41, 5.74) is 6.22. The lowest BCUT2D eigenvalue weighted by Crippen LogP contribution is -2.61. The fourth-order valence-corrected chi connectivity index (χ4v) is 5.47. The number of amides is 3. The second-order valence-electron chi connectivity index (χ2n) is 11.0. The number of carbonyl (C=O) groups is 3. The van der Waals surface area contributed by atoms with Crippen LogP contribution in [0.5, 0.6) is 0 Å². The van der Waals surface area contributed by atoms with Crippen molar-refractivity contribution in [2.45, 2.75) is 44.9 Å². The van der Waals surface area contributed by atoms with Crippen molar-refractivity contribution in [3.8, 4) is 0 Å². The summed E-state index contributed by atoms with van der Waals surface area (Å²) in [6.07, 6.45) is 1.30. The Kier molecular flexibility index (Phi) is 7.99. The number of carbonyl (C=O) groups excluding carboxylic acids is 3. The number of piperidine rings is 1. The molecule has 0 bridgehead atoms. The third-order valence-corrected chi connectivity index (χ3v) is 7.53. The molecule has 0 saturated carbocycles. The summed E-state index contributed by atoms with van der Waals surface area (Å²) in [5, 5.41) is 2.81. The van der Waals surface area contributed by atoms with Gasteiger partial charge >= 0.3 is 0 Å². The lowest BCUT2D eigenvalue weighted by atomic mass is 9.69. The maximum atomic E-state index is 13.8. The molecule has 37 heavy (non-hydrogen) atoms. The Morgan fingerprint density at radius 3 is 2.35 bits per heavy atom. The Bertz CT molecular complexity index is 1100. The maximum absolute atomic E-state index is 13.8. The molecule has 3 atom stereocenters. The van der Waals surface area contributed by atoms with Crippen LogP contribution in [0.3, 0.4) is 0 Å². The van der Waals surface area contributed by atoms with Crippen LogP contribution < -0.4 is 11.1 Å². The molecule has 4 rings (SSSR count). The highest BCUT2D eigenvalue weighted by Crippen LogP contribution is 2.45. The zero-order chi connectivity index (χ0) is 26.6. The minimum Gasteiger partial charge on any atom is -0.374 e. The second-order valence-corrected chi connectivity index (χ2v) is 11.0. The first kappa shape index (κ1) is 26.8. The monoisotopic (exact) mass is 506 g/mol. The van der Waals surface area contributed by atoms with Gasteiger partial charge < -0.3 is 25.6 Å². The first-order valence-electron chi connectivity index (χ1n) is 12.9. The Balaban J connectivity index is 1.53. The average molecular weight is 507 g/mol. The standard InChI is InChI=1S/C29H38N4O4/c1-28(2,30)26(35)31-24(19-37-18-22-12-8-5-9-13-22)25(34)33-15-14-23-17-32(3)27(36)29(23,20-33)16-21-10-6-4-7-11-21/h4-13,23-24H,14-20,30H2,1-3H3,(H,31,35)/t23?,24-,29?/m1/s1. The number of nitrogens with one attached hydrogen (secondary N) is 1. The Morgan fingerprint density at radius 2 is 1.73 bits per heavy atom. The van der Waals surface area contributed by atoms with Gasteiger partial charge in [-0.2, -0.15) is 0 Å². The zero-order valence-corrected chi connectivity index (χ0v) is 22.0. The number of likely N-dealkylation sites (tertiary alicyclic amines) is 2. The Morgan fingerprint density at radius 1 is 1.11 bits per heavy atom. The Hall–Kier alpha value is -3.23. The summed E-state index contributed by atoms with van der Waals surface area (Å²) >= 11 is 0. The molecule has 2 aliphatic rings. The van der Waals surface area contributed by atoms with E-state index in [1.807, 2.05) is 67.7 Å². The van der Waals surface area contributed by atoms with E-state index in [-0.39, 0.29) is 24.3 Å². The van der Waals surface area contributed by atoms with Crippen LogP contribution in [0.15, 0.2) is 60.7 Å². The molecule has 2 heterocycles. The number of rotatable bonds is 9. The van der Waals surface area contributed by atoms with Crippen molar-refractivity contribution in [3.05, 3.63) is 71.8 Å². The summed E-state index contributed by atoms with van der Waals surface area (Å²) in [5.74, 6) is -0.443. The summed E-state index contributed by atoms with van der Waals surface area (Å²) in [7, 11) is 1.84. The van der Waals surface area contributed by atoms with Gasteiger partial charge in [0.15, 0.2) is 0 Å². The van der Waals surface area contributed by atoms with Crippen LogP contribution in [-0.4, -0.2) is 72.4 Å². The number of hydrogen-bond donors (Lipinski definition) is 2. The van der Waals surface area contributed by atoms with E-state index in [0.717, 1.165) is 17.5 Å². The molecule has 0 radical (unpaired) electrons. The SMILES string of the molecule is CN1CC2CCN(C(=O)[C@@H](COCc3ccccc3)NC(=O)C(C)(C)N)CC2(Cc2ccccc2)C1=O. The molecule has 2 saturated heterocycles. The van der Waals surface area contributed by atoms with Crippen molar-refractivity contribution in [2.75, 3.05) is 33.3 Å². The number of benzene rings is 2. The highest BCUT2D eigenvalue weighted by molar-refractivity contribution is 5.92. The van der Waals surface area contributed by atoms with Crippen LogP contribution in [0.4, 0.5) is 0 Å². The van der Waals surface area contributed by atoms with Gasteiger partial charge in [0.25, 0.3) is 0 Å². The molecule has 0 spiro atoms.